The van der Waals surface area contributed by atoms with E-state index >= 15 is 8.78 Å². The van der Waals surface area contributed by atoms with E-state index in [4.69, 9.17) is 4.98 Å². The zero-order valence-corrected chi connectivity index (χ0v) is 33.8. The van der Waals surface area contributed by atoms with Crippen LogP contribution < -0.4 is 4.90 Å². The molecule has 12 rings (SSSR count). The first-order valence-corrected chi connectivity index (χ1v) is 21.0. The first-order chi connectivity index (χ1) is 31.1. The van der Waals surface area contributed by atoms with Gasteiger partial charge in [0, 0.05) is 55.4 Å². The molecule has 0 spiro atoms. The van der Waals surface area contributed by atoms with Crippen molar-refractivity contribution in [1.82, 2.24) is 14.1 Å². The Balaban J connectivity index is 1.08. The number of pyridine rings is 1. The Labute approximate surface area is 361 Å². The van der Waals surface area contributed by atoms with Crippen LogP contribution in [0.2, 0.25) is 0 Å². The highest BCUT2D eigenvalue weighted by atomic mass is 19.1. The molecule has 298 valence electrons. The molecule has 0 saturated carbocycles. The molecule has 0 amide bonds. The molecule has 0 atom stereocenters. The summed E-state index contributed by atoms with van der Waals surface area (Å²) in [5.74, 6) is -0.624. The first kappa shape index (κ1) is 36.5. The van der Waals surface area contributed by atoms with Crippen molar-refractivity contribution in [1.29, 1.82) is 0 Å². The largest absolute Gasteiger partial charge is 0.311 e. The molecule has 0 N–H and O–H groups in total. The van der Waals surface area contributed by atoms with E-state index in [1.165, 1.54) is 12.1 Å². The molecule has 0 fully saturated rings. The van der Waals surface area contributed by atoms with E-state index in [9.17, 15) is 0 Å². The van der Waals surface area contributed by atoms with Crippen molar-refractivity contribution in [2.24, 2.45) is 0 Å². The van der Waals surface area contributed by atoms with Gasteiger partial charge in [0.25, 0.3) is 0 Å². The number of nitrogens with zero attached hydrogens (tertiary/aromatic N) is 4. The maximum Gasteiger partial charge on any atom is 0.123 e. The topological polar surface area (TPSA) is 26.0 Å². The molecule has 12 aromatic rings. The van der Waals surface area contributed by atoms with Crippen LogP contribution in [0.1, 0.15) is 0 Å². The van der Waals surface area contributed by atoms with Crippen molar-refractivity contribution in [2.75, 3.05) is 4.90 Å². The first-order valence-electron chi connectivity index (χ1n) is 21.0. The number of anilines is 3. The third kappa shape index (κ3) is 6.06. The van der Waals surface area contributed by atoms with Gasteiger partial charge in [-0.25, -0.2) is 13.8 Å². The highest BCUT2D eigenvalue weighted by Crippen LogP contribution is 2.44. The van der Waals surface area contributed by atoms with E-state index in [1.54, 1.807) is 12.1 Å². The SMILES string of the molecule is Fc1ccc2c(c1)c1c3ccc4c(c3ccc1n2-c1ccc(N(c2ccccc2)c2ccccc2)cc1)c1cc(F)ccc1n4-c1cc(-c2ccccc2)nc(-c2ccccc2)c1. The van der Waals surface area contributed by atoms with Crippen LogP contribution in [0.5, 0.6) is 0 Å². The van der Waals surface area contributed by atoms with Gasteiger partial charge in [-0.15, -0.1) is 0 Å². The van der Waals surface area contributed by atoms with Crippen LogP contribution in [-0.2, 0) is 0 Å². The van der Waals surface area contributed by atoms with Gasteiger partial charge in [0.15, 0.2) is 0 Å². The van der Waals surface area contributed by atoms with Crippen LogP contribution in [0.4, 0.5) is 25.8 Å². The highest BCUT2D eigenvalue weighted by Gasteiger charge is 2.22. The lowest BCUT2D eigenvalue weighted by molar-refractivity contribution is 0.629. The molecular weight excluding hydrogens is 779 g/mol. The Morgan fingerprint density at radius 2 is 0.730 bits per heavy atom. The Morgan fingerprint density at radius 1 is 0.333 bits per heavy atom. The second kappa shape index (κ2) is 14.7. The smallest absolute Gasteiger partial charge is 0.123 e. The van der Waals surface area contributed by atoms with Crippen molar-refractivity contribution < 1.29 is 8.78 Å². The van der Waals surface area contributed by atoms with Gasteiger partial charge in [-0.2, -0.15) is 0 Å². The van der Waals surface area contributed by atoms with Gasteiger partial charge in [0.1, 0.15) is 11.6 Å². The Hall–Kier alpha value is -8.35. The number of halogens is 2. The molecular formula is C57H36F2N4. The summed E-state index contributed by atoms with van der Waals surface area (Å²) in [7, 11) is 0. The number of hydrogen-bond donors (Lipinski definition) is 0. The molecule has 3 aromatic heterocycles. The van der Waals surface area contributed by atoms with Crippen molar-refractivity contribution in [3.63, 3.8) is 0 Å². The van der Waals surface area contributed by atoms with Crippen LogP contribution >= 0.6 is 0 Å². The lowest BCUT2D eigenvalue weighted by Gasteiger charge is -2.25. The van der Waals surface area contributed by atoms with E-state index in [-0.39, 0.29) is 11.6 Å². The fourth-order valence-corrected chi connectivity index (χ4v) is 9.46. The Kier molecular flexibility index (Phi) is 8.50. The van der Waals surface area contributed by atoms with Crippen molar-refractivity contribution in [2.45, 2.75) is 0 Å². The minimum atomic E-state index is -0.315. The molecule has 0 aliphatic heterocycles. The zero-order chi connectivity index (χ0) is 42.0. The molecule has 9 aromatic carbocycles. The van der Waals surface area contributed by atoms with Crippen LogP contribution in [0, 0.1) is 11.6 Å². The zero-order valence-electron chi connectivity index (χ0n) is 33.8. The summed E-state index contributed by atoms with van der Waals surface area (Å²) < 4.78 is 35.3. The molecule has 0 saturated heterocycles. The van der Waals surface area contributed by atoms with E-state index in [0.29, 0.717) is 0 Å². The highest BCUT2D eigenvalue weighted by molar-refractivity contribution is 6.29. The van der Waals surface area contributed by atoms with Gasteiger partial charge in [0.2, 0.25) is 0 Å². The third-order valence-electron chi connectivity index (χ3n) is 12.2. The standard InChI is InChI=1S/C57H36F2N4/c58-39-21-29-52-48(33-39)56-46-28-32-55-57(47(46)27-31-54(56)62(52)44-25-23-43(24-26-44)61(41-17-9-3-10-18-41)42-19-11-4-12-20-42)49-34-40(59)22-30-53(49)63(55)45-35-50(37-13-5-1-6-14-37)60-51(36-45)38-15-7-2-8-16-38/h1-36H. The third-order valence-corrected chi connectivity index (χ3v) is 12.2. The average Bonchev–Trinajstić information content (AvgIpc) is 3.85. The second-order valence-electron chi connectivity index (χ2n) is 15.9. The van der Waals surface area contributed by atoms with E-state index in [0.717, 1.165) is 105 Å². The minimum Gasteiger partial charge on any atom is -0.311 e. The number of rotatable bonds is 7. The lowest BCUT2D eigenvalue weighted by atomic mass is 9.99. The monoisotopic (exact) mass is 814 g/mol. The summed E-state index contributed by atoms with van der Waals surface area (Å²) in [6.07, 6.45) is 0. The number of aromatic nitrogens is 3. The predicted molar refractivity (Wildman–Crippen MR) is 256 cm³/mol. The number of hydrogen-bond acceptors (Lipinski definition) is 2. The summed E-state index contributed by atoms with van der Waals surface area (Å²) >= 11 is 0. The van der Waals surface area contributed by atoms with Crippen LogP contribution in [0.25, 0.3) is 88.3 Å². The van der Waals surface area contributed by atoms with Crippen LogP contribution in [0.15, 0.2) is 218 Å². The second-order valence-corrected chi connectivity index (χ2v) is 15.9. The fourth-order valence-electron chi connectivity index (χ4n) is 9.46. The molecule has 0 aliphatic carbocycles. The van der Waals surface area contributed by atoms with E-state index < -0.39 is 0 Å². The van der Waals surface area contributed by atoms with Gasteiger partial charge in [-0.3, -0.25) is 0 Å². The minimum absolute atomic E-state index is 0.309. The van der Waals surface area contributed by atoms with Gasteiger partial charge in [-0.05, 0) is 120 Å². The quantitative estimate of drug-likeness (QED) is 0.160. The van der Waals surface area contributed by atoms with Crippen LogP contribution in [0.3, 0.4) is 0 Å². The molecule has 4 nitrogen and oxygen atoms in total. The number of fused-ring (bicyclic) bond motifs is 9. The van der Waals surface area contributed by atoms with Crippen molar-refractivity contribution in [3.05, 3.63) is 230 Å². The fraction of sp³-hybridized carbons (Fsp3) is 0. The maximum absolute atomic E-state index is 15.4. The lowest BCUT2D eigenvalue weighted by Crippen LogP contribution is -2.09. The summed E-state index contributed by atoms with van der Waals surface area (Å²) in [5, 5.41) is 5.36. The van der Waals surface area contributed by atoms with E-state index in [1.807, 2.05) is 84.9 Å². The molecule has 6 heteroatoms. The van der Waals surface area contributed by atoms with Crippen molar-refractivity contribution >= 4 is 71.4 Å². The van der Waals surface area contributed by atoms with Gasteiger partial charge < -0.3 is 14.0 Å². The molecule has 0 bridgehead atoms. The van der Waals surface area contributed by atoms with E-state index in [2.05, 4.69) is 123 Å². The summed E-state index contributed by atoms with van der Waals surface area (Å²) in [5.41, 5.74) is 12.3. The molecule has 3 heterocycles. The Morgan fingerprint density at radius 3 is 1.19 bits per heavy atom. The maximum atomic E-state index is 15.4. The van der Waals surface area contributed by atoms with Gasteiger partial charge in [0.05, 0.1) is 39.1 Å². The predicted octanol–water partition coefficient (Wildman–Crippen LogP) is 15.5. The molecule has 0 unspecified atom stereocenters. The van der Waals surface area contributed by atoms with Crippen molar-refractivity contribution in [3.8, 4) is 33.9 Å². The Bertz CT molecular complexity index is 3580. The van der Waals surface area contributed by atoms with Gasteiger partial charge >= 0.3 is 0 Å². The molecule has 0 radical (unpaired) electrons. The van der Waals surface area contributed by atoms with Gasteiger partial charge in [-0.1, -0.05) is 109 Å². The van der Waals surface area contributed by atoms with Crippen LogP contribution in [-0.4, -0.2) is 14.1 Å². The average molecular weight is 815 g/mol. The number of benzene rings is 9. The summed E-state index contributed by atoms with van der Waals surface area (Å²) in [6, 6.07) is 72.3. The molecule has 63 heavy (non-hydrogen) atoms. The summed E-state index contributed by atoms with van der Waals surface area (Å²) in [4.78, 5) is 7.37. The molecule has 0 aliphatic rings. The number of para-hydroxylation sites is 2. The summed E-state index contributed by atoms with van der Waals surface area (Å²) in [6.45, 7) is 0. The normalized spacial score (nSPS) is 11.7.